The molecule has 5 nitrogen and oxygen atoms in total. The number of nitrogens with zero attached hydrogens (tertiary/aromatic N) is 3. The smallest absolute Gasteiger partial charge is 0.230 e. The van der Waals surface area contributed by atoms with Crippen LogP contribution in [0.2, 0.25) is 0 Å². The molecule has 4 rings (SSSR count). The molecule has 29 heavy (non-hydrogen) atoms. The van der Waals surface area contributed by atoms with Gasteiger partial charge in [0.15, 0.2) is 10.8 Å². The summed E-state index contributed by atoms with van der Waals surface area (Å²) in [5.74, 6) is 0.322. The van der Waals surface area contributed by atoms with Crippen molar-refractivity contribution in [3.05, 3.63) is 70.8 Å². The zero-order chi connectivity index (χ0) is 20.4. The summed E-state index contributed by atoms with van der Waals surface area (Å²) in [7, 11) is 0. The van der Waals surface area contributed by atoms with Crippen LogP contribution in [0.25, 0.3) is 16.6 Å². The number of nitrogens with one attached hydrogen (secondary N) is 1. The maximum Gasteiger partial charge on any atom is 0.230 e. The topological polar surface area (TPSA) is 59.3 Å². The van der Waals surface area contributed by atoms with Crippen LogP contribution in [0.15, 0.2) is 53.7 Å². The summed E-state index contributed by atoms with van der Waals surface area (Å²) >= 11 is 1.42. The summed E-state index contributed by atoms with van der Waals surface area (Å²) in [6.45, 7) is 6.89. The number of aryl methyl sites for hydroxylation is 3. The summed E-state index contributed by atoms with van der Waals surface area (Å²) in [5.41, 5.74) is 6.66. The molecule has 0 fully saturated rings. The molecule has 6 heteroatoms. The summed E-state index contributed by atoms with van der Waals surface area (Å²) < 4.78 is 2.08. The zero-order valence-corrected chi connectivity index (χ0v) is 17.7. The predicted molar refractivity (Wildman–Crippen MR) is 119 cm³/mol. The van der Waals surface area contributed by atoms with Crippen molar-refractivity contribution in [2.24, 2.45) is 0 Å². The van der Waals surface area contributed by atoms with Crippen LogP contribution < -0.4 is 5.32 Å². The number of hydrogen-bond acceptors (Lipinski definition) is 4. The fourth-order valence-electron chi connectivity index (χ4n) is 3.70. The van der Waals surface area contributed by atoms with Gasteiger partial charge in [0.05, 0.1) is 11.3 Å². The Hall–Kier alpha value is -2.86. The first kappa shape index (κ1) is 19.5. The molecule has 0 aliphatic rings. The largest absolute Gasteiger partial charge is 0.355 e. The molecule has 2 heterocycles. The lowest BCUT2D eigenvalue weighted by Gasteiger charge is -2.11. The minimum absolute atomic E-state index is 0.00667. The van der Waals surface area contributed by atoms with Crippen LogP contribution >= 0.6 is 11.8 Å². The van der Waals surface area contributed by atoms with Gasteiger partial charge >= 0.3 is 0 Å². The van der Waals surface area contributed by atoms with Crippen LogP contribution in [0.3, 0.4) is 0 Å². The van der Waals surface area contributed by atoms with E-state index in [1.807, 2.05) is 25.1 Å². The van der Waals surface area contributed by atoms with Crippen LogP contribution in [0.4, 0.5) is 0 Å². The third-order valence-corrected chi connectivity index (χ3v) is 5.90. The van der Waals surface area contributed by atoms with Crippen molar-refractivity contribution in [1.29, 1.82) is 0 Å². The van der Waals surface area contributed by atoms with Gasteiger partial charge in [0.2, 0.25) is 5.91 Å². The van der Waals surface area contributed by atoms with Gasteiger partial charge in [-0.1, -0.05) is 53.7 Å². The fourth-order valence-corrected chi connectivity index (χ4v) is 4.47. The molecule has 2 aromatic heterocycles. The lowest BCUT2D eigenvalue weighted by atomic mass is 10.1. The van der Waals surface area contributed by atoms with Crippen molar-refractivity contribution >= 4 is 34.2 Å². The van der Waals surface area contributed by atoms with Crippen LogP contribution in [-0.2, 0) is 11.2 Å². The Morgan fingerprint density at radius 1 is 1.03 bits per heavy atom. The second-order valence-corrected chi connectivity index (χ2v) is 8.31. The third-order valence-electron chi connectivity index (χ3n) is 4.97. The van der Waals surface area contributed by atoms with E-state index < -0.39 is 0 Å². The van der Waals surface area contributed by atoms with Gasteiger partial charge in [-0.3, -0.25) is 9.20 Å². The SMILES string of the molecule is Cc1cc(C)c2c(c1)cc(C)c1nnc(SCC(=O)NCCc3ccccc3)n12. The molecule has 148 valence electrons. The molecule has 0 saturated carbocycles. The zero-order valence-electron chi connectivity index (χ0n) is 16.9. The third kappa shape index (κ3) is 4.12. The first-order valence-electron chi connectivity index (χ1n) is 9.72. The Kier molecular flexibility index (Phi) is 5.53. The second-order valence-electron chi connectivity index (χ2n) is 7.36. The molecule has 0 atom stereocenters. The highest BCUT2D eigenvalue weighted by Gasteiger charge is 2.15. The van der Waals surface area contributed by atoms with E-state index in [-0.39, 0.29) is 5.91 Å². The van der Waals surface area contributed by atoms with Crippen molar-refractivity contribution in [2.45, 2.75) is 32.3 Å². The molecule has 0 unspecified atom stereocenters. The molecule has 0 spiro atoms. The number of carbonyl (C=O) groups is 1. The van der Waals surface area contributed by atoms with Crippen LogP contribution in [-0.4, -0.2) is 32.8 Å². The van der Waals surface area contributed by atoms with Gasteiger partial charge in [-0.15, -0.1) is 10.2 Å². The number of rotatable bonds is 6. The Labute approximate surface area is 174 Å². The molecule has 4 aromatic rings. The maximum absolute atomic E-state index is 12.3. The number of hydrogen-bond donors (Lipinski definition) is 1. The van der Waals surface area contributed by atoms with Crippen LogP contribution in [0.5, 0.6) is 0 Å². The van der Waals surface area contributed by atoms with E-state index in [9.17, 15) is 4.79 Å². The van der Waals surface area contributed by atoms with Crippen molar-refractivity contribution in [1.82, 2.24) is 19.9 Å². The van der Waals surface area contributed by atoms with Gasteiger partial charge in [0.25, 0.3) is 0 Å². The Balaban J connectivity index is 1.50. The van der Waals surface area contributed by atoms with E-state index in [4.69, 9.17) is 0 Å². The van der Waals surface area contributed by atoms with Crippen molar-refractivity contribution in [2.75, 3.05) is 12.3 Å². The second kappa shape index (κ2) is 8.25. The average molecular weight is 405 g/mol. The highest BCUT2D eigenvalue weighted by molar-refractivity contribution is 7.99. The quantitative estimate of drug-likeness (QED) is 0.488. The molecular weight excluding hydrogens is 380 g/mol. The van der Waals surface area contributed by atoms with E-state index >= 15 is 0 Å². The molecule has 0 radical (unpaired) electrons. The van der Waals surface area contributed by atoms with Crippen molar-refractivity contribution in [3.8, 4) is 0 Å². The first-order valence-corrected chi connectivity index (χ1v) is 10.7. The van der Waals surface area contributed by atoms with E-state index in [0.29, 0.717) is 12.3 Å². The Morgan fingerprint density at radius 2 is 1.83 bits per heavy atom. The maximum atomic E-state index is 12.3. The number of thioether (sulfide) groups is 1. The summed E-state index contributed by atoms with van der Waals surface area (Å²) in [6.07, 6.45) is 0.827. The van der Waals surface area contributed by atoms with E-state index in [2.05, 4.69) is 64.1 Å². The van der Waals surface area contributed by atoms with Gasteiger partial charge in [-0.05, 0) is 61.4 Å². The average Bonchev–Trinajstić information content (AvgIpc) is 3.11. The van der Waals surface area contributed by atoms with Crippen molar-refractivity contribution in [3.63, 3.8) is 0 Å². The molecule has 0 aliphatic carbocycles. The van der Waals surface area contributed by atoms with Gasteiger partial charge in [-0.2, -0.15) is 0 Å². The standard InChI is InChI=1S/C23H24N4OS/c1-15-11-16(2)21-19(12-15)13-17(3)22-25-26-23(27(21)22)29-14-20(28)24-10-9-18-7-5-4-6-8-18/h4-8,11-13H,9-10,14H2,1-3H3,(H,24,28). The number of benzene rings is 2. The minimum Gasteiger partial charge on any atom is -0.355 e. The van der Waals surface area contributed by atoms with E-state index in [1.54, 1.807) is 0 Å². The Bertz CT molecular complexity index is 1180. The summed E-state index contributed by atoms with van der Waals surface area (Å²) in [4.78, 5) is 12.3. The van der Waals surface area contributed by atoms with Gasteiger partial charge in [0.1, 0.15) is 0 Å². The lowest BCUT2D eigenvalue weighted by Crippen LogP contribution is -2.27. The molecule has 1 amide bonds. The molecule has 0 saturated heterocycles. The summed E-state index contributed by atoms with van der Waals surface area (Å²) in [6, 6.07) is 16.7. The minimum atomic E-state index is 0.00667. The number of fused-ring (bicyclic) bond motifs is 3. The number of carbonyl (C=O) groups excluding carboxylic acids is 1. The number of amides is 1. The van der Waals surface area contributed by atoms with Gasteiger partial charge in [0, 0.05) is 6.54 Å². The number of aromatic nitrogens is 3. The molecule has 0 aliphatic heterocycles. The van der Waals surface area contributed by atoms with E-state index in [1.165, 1.54) is 33.8 Å². The van der Waals surface area contributed by atoms with Gasteiger partial charge < -0.3 is 5.32 Å². The normalized spacial score (nSPS) is 11.3. The predicted octanol–water partition coefficient (Wildman–Crippen LogP) is 4.26. The highest BCUT2D eigenvalue weighted by Crippen LogP contribution is 2.28. The molecular formula is C23H24N4OS. The van der Waals surface area contributed by atoms with E-state index in [0.717, 1.165) is 28.3 Å². The monoisotopic (exact) mass is 404 g/mol. The number of pyridine rings is 1. The lowest BCUT2D eigenvalue weighted by molar-refractivity contribution is -0.118. The molecule has 2 aromatic carbocycles. The molecule has 0 bridgehead atoms. The fraction of sp³-hybridized carbons (Fsp3) is 0.261. The first-order chi connectivity index (χ1) is 14.0. The molecule has 1 N–H and O–H groups in total. The van der Waals surface area contributed by atoms with Crippen LogP contribution in [0, 0.1) is 20.8 Å². The highest BCUT2D eigenvalue weighted by atomic mass is 32.2. The van der Waals surface area contributed by atoms with Gasteiger partial charge in [-0.25, -0.2) is 0 Å². The van der Waals surface area contributed by atoms with Crippen molar-refractivity contribution < 1.29 is 4.79 Å². The summed E-state index contributed by atoms with van der Waals surface area (Å²) in [5, 5.41) is 13.6. The Morgan fingerprint density at radius 3 is 2.62 bits per heavy atom. The van der Waals surface area contributed by atoms with Crippen LogP contribution in [0.1, 0.15) is 22.3 Å².